The van der Waals surface area contributed by atoms with Gasteiger partial charge in [-0.3, -0.25) is 9.59 Å². The van der Waals surface area contributed by atoms with Gasteiger partial charge in [-0.1, -0.05) is 67.6 Å². The second-order valence-corrected chi connectivity index (χ2v) is 13.3. The average Bonchev–Trinajstić information content (AvgIpc) is 3.42. The Morgan fingerprint density at radius 1 is 1.02 bits per heavy atom. The molecule has 0 amide bonds. The standard InChI is InChI=1S/C39H44O9/c1-25-11-19-33-38(3,22-21-34(47-26(2)40)39(33,4)37(43)46-23-28-9-7-6-8-10-28)31(25)18-17-30-32(24-45-36(30)42)48-35(41)20-14-27-12-15-29(44-5)16-13-27/h6-10,12-17,20,31-34H,1,11,18-19,21-24H2,2-5H3/b20-14+,30-17+/t31-,32-,33+,34-,38+,39+/m1/s1. The van der Waals surface area contributed by atoms with Gasteiger partial charge in [0.15, 0.2) is 6.10 Å². The van der Waals surface area contributed by atoms with Crippen LogP contribution in [0.3, 0.4) is 0 Å². The molecule has 6 atom stereocenters. The molecule has 5 rings (SSSR count). The molecule has 0 unspecified atom stereocenters. The number of esters is 4. The molecule has 254 valence electrons. The van der Waals surface area contributed by atoms with Crippen molar-refractivity contribution in [2.24, 2.45) is 22.7 Å². The van der Waals surface area contributed by atoms with Crippen LogP contribution in [0, 0.1) is 22.7 Å². The van der Waals surface area contributed by atoms with E-state index in [9.17, 15) is 19.2 Å². The van der Waals surface area contributed by atoms with Gasteiger partial charge in [0.25, 0.3) is 0 Å². The first-order valence-electron chi connectivity index (χ1n) is 16.4. The largest absolute Gasteiger partial charge is 0.497 e. The molecule has 2 aromatic carbocycles. The third-order valence-electron chi connectivity index (χ3n) is 10.4. The normalized spacial score (nSPS) is 29.2. The van der Waals surface area contributed by atoms with E-state index < -0.39 is 46.9 Å². The summed E-state index contributed by atoms with van der Waals surface area (Å²) in [4.78, 5) is 51.7. The Kier molecular flexibility index (Phi) is 10.6. The van der Waals surface area contributed by atoms with Crippen molar-refractivity contribution in [1.29, 1.82) is 0 Å². The first-order valence-corrected chi connectivity index (χ1v) is 16.4. The van der Waals surface area contributed by atoms with Crippen molar-refractivity contribution < 1.29 is 42.9 Å². The lowest BCUT2D eigenvalue weighted by molar-refractivity contribution is -0.199. The molecular weight excluding hydrogens is 612 g/mol. The first kappa shape index (κ1) is 34.7. The van der Waals surface area contributed by atoms with Crippen LogP contribution in [-0.4, -0.2) is 49.8 Å². The number of hydrogen-bond donors (Lipinski definition) is 0. The molecule has 9 nitrogen and oxygen atoms in total. The molecule has 3 aliphatic rings. The van der Waals surface area contributed by atoms with Crippen LogP contribution in [0.4, 0.5) is 0 Å². The number of fused-ring (bicyclic) bond motifs is 1. The Morgan fingerprint density at radius 3 is 2.44 bits per heavy atom. The predicted molar refractivity (Wildman–Crippen MR) is 178 cm³/mol. The summed E-state index contributed by atoms with van der Waals surface area (Å²) in [6, 6.07) is 16.7. The number of carbonyl (C=O) groups is 4. The number of benzene rings is 2. The summed E-state index contributed by atoms with van der Waals surface area (Å²) in [5.41, 5.74) is 1.46. The van der Waals surface area contributed by atoms with Crippen molar-refractivity contribution in [2.75, 3.05) is 13.7 Å². The van der Waals surface area contributed by atoms with Crippen molar-refractivity contribution in [1.82, 2.24) is 0 Å². The fourth-order valence-corrected chi connectivity index (χ4v) is 7.88. The van der Waals surface area contributed by atoms with Gasteiger partial charge in [0.05, 0.1) is 12.7 Å². The summed E-state index contributed by atoms with van der Waals surface area (Å²) in [6.45, 7) is 9.85. The smallest absolute Gasteiger partial charge is 0.337 e. The van der Waals surface area contributed by atoms with E-state index in [0.717, 1.165) is 16.7 Å². The lowest BCUT2D eigenvalue weighted by atomic mass is 9.46. The summed E-state index contributed by atoms with van der Waals surface area (Å²) in [5.74, 6) is -1.53. The molecular formula is C39H44O9. The highest BCUT2D eigenvalue weighted by Gasteiger charge is 2.63. The molecule has 2 saturated carbocycles. The second kappa shape index (κ2) is 14.6. The quantitative estimate of drug-likeness (QED) is 0.121. The van der Waals surface area contributed by atoms with Crippen LogP contribution in [0.2, 0.25) is 0 Å². The lowest BCUT2D eigenvalue weighted by Crippen LogP contribution is -2.60. The zero-order chi connectivity index (χ0) is 34.5. The van der Waals surface area contributed by atoms with Crippen molar-refractivity contribution in [3.8, 4) is 5.75 Å². The summed E-state index contributed by atoms with van der Waals surface area (Å²) >= 11 is 0. The van der Waals surface area contributed by atoms with E-state index in [1.165, 1.54) is 13.0 Å². The third kappa shape index (κ3) is 7.25. The van der Waals surface area contributed by atoms with Gasteiger partial charge in [0, 0.05) is 13.0 Å². The minimum Gasteiger partial charge on any atom is -0.497 e. The Labute approximate surface area is 281 Å². The van der Waals surface area contributed by atoms with Crippen LogP contribution in [0.5, 0.6) is 5.75 Å². The Balaban J connectivity index is 1.34. The molecule has 2 aromatic rings. The number of hydrogen-bond acceptors (Lipinski definition) is 9. The predicted octanol–water partition coefficient (Wildman–Crippen LogP) is 6.56. The van der Waals surface area contributed by atoms with Gasteiger partial charge in [-0.05, 0) is 85.6 Å². The summed E-state index contributed by atoms with van der Waals surface area (Å²) in [5, 5.41) is 0. The number of ether oxygens (including phenoxy) is 5. The van der Waals surface area contributed by atoms with E-state index in [-0.39, 0.29) is 25.0 Å². The first-order chi connectivity index (χ1) is 22.9. The van der Waals surface area contributed by atoms with Gasteiger partial charge in [-0.25, -0.2) is 9.59 Å². The molecule has 0 aromatic heterocycles. The van der Waals surface area contributed by atoms with Crippen LogP contribution in [0.1, 0.15) is 64.0 Å². The van der Waals surface area contributed by atoms with Gasteiger partial charge in [0.2, 0.25) is 0 Å². The van der Waals surface area contributed by atoms with Crippen LogP contribution in [0.25, 0.3) is 6.08 Å². The number of allylic oxidation sites excluding steroid dienone is 2. The van der Waals surface area contributed by atoms with E-state index >= 15 is 0 Å². The molecule has 1 heterocycles. The van der Waals surface area contributed by atoms with Gasteiger partial charge < -0.3 is 23.7 Å². The maximum absolute atomic E-state index is 14.0. The van der Waals surface area contributed by atoms with E-state index in [0.29, 0.717) is 43.4 Å². The lowest BCUT2D eigenvalue weighted by Gasteiger charge is -2.59. The van der Waals surface area contributed by atoms with E-state index in [4.69, 9.17) is 23.7 Å². The molecule has 1 saturated heterocycles. The Morgan fingerprint density at radius 2 is 1.75 bits per heavy atom. The number of methoxy groups -OCH3 is 1. The number of carbonyl (C=O) groups excluding carboxylic acids is 4. The minimum atomic E-state index is -1.10. The van der Waals surface area contributed by atoms with Crippen LogP contribution >= 0.6 is 0 Å². The SMILES string of the molecule is C=C1CC[C@H]2[C@@](C)(CC[C@@H](OC(C)=O)[C@@]2(C)C(=O)OCc2ccccc2)[C@@H]1C/C=C1/C(=O)OC[C@H]1OC(=O)/C=C/c1ccc(OC)cc1. The van der Waals surface area contributed by atoms with Gasteiger partial charge in [0.1, 0.15) is 30.5 Å². The minimum absolute atomic E-state index is 0.0618. The highest BCUT2D eigenvalue weighted by Crippen LogP contribution is 2.62. The molecule has 1 aliphatic heterocycles. The zero-order valence-electron chi connectivity index (χ0n) is 28.1. The van der Waals surface area contributed by atoms with Crippen LogP contribution in [-0.2, 0) is 44.7 Å². The summed E-state index contributed by atoms with van der Waals surface area (Å²) in [7, 11) is 1.58. The zero-order valence-corrected chi connectivity index (χ0v) is 28.1. The highest BCUT2D eigenvalue weighted by atomic mass is 16.6. The highest BCUT2D eigenvalue weighted by molar-refractivity contribution is 5.93. The van der Waals surface area contributed by atoms with E-state index in [1.807, 2.05) is 49.4 Å². The van der Waals surface area contributed by atoms with Crippen LogP contribution in [0.15, 0.2) is 84.5 Å². The third-order valence-corrected chi connectivity index (χ3v) is 10.4. The number of rotatable bonds is 10. The average molecular weight is 657 g/mol. The fraction of sp³-hybridized carbons (Fsp3) is 0.436. The Hall–Kier alpha value is -4.66. The van der Waals surface area contributed by atoms with Crippen molar-refractivity contribution in [3.05, 3.63) is 95.6 Å². The molecule has 9 heteroatoms. The number of cyclic esters (lactones) is 1. The Bertz CT molecular complexity index is 1590. The topological polar surface area (TPSA) is 114 Å². The summed E-state index contributed by atoms with van der Waals surface area (Å²) < 4.78 is 27.8. The summed E-state index contributed by atoms with van der Waals surface area (Å²) in [6.07, 6.45) is 6.22. The molecule has 0 radical (unpaired) electrons. The maximum atomic E-state index is 14.0. The van der Waals surface area contributed by atoms with Gasteiger partial charge in [-0.2, -0.15) is 0 Å². The molecule has 0 spiro atoms. The molecule has 0 N–H and O–H groups in total. The van der Waals surface area contributed by atoms with Crippen molar-refractivity contribution >= 4 is 30.0 Å². The maximum Gasteiger partial charge on any atom is 0.337 e. The molecule has 0 bridgehead atoms. The van der Waals surface area contributed by atoms with E-state index in [2.05, 4.69) is 13.5 Å². The van der Waals surface area contributed by atoms with Crippen molar-refractivity contribution in [3.63, 3.8) is 0 Å². The molecule has 48 heavy (non-hydrogen) atoms. The van der Waals surface area contributed by atoms with E-state index in [1.54, 1.807) is 31.4 Å². The van der Waals surface area contributed by atoms with Gasteiger partial charge >= 0.3 is 23.9 Å². The van der Waals surface area contributed by atoms with Crippen molar-refractivity contribution in [2.45, 2.75) is 71.7 Å². The fourth-order valence-electron chi connectivity index (χ4n) is 7.88. The monoisotopic (exact) mass is 656 g/mol. The second-order valence-electron chi connectivity index (χ2n) is 13.3. The van der Waals surface area contributed by atoms with Gasteiger partial charge in [-0.15, -0.1) is 0 Å². The molecule has 3 fully saturated rings. The van der Waals surface area contributed by atoms with Crippen LogP contribution < -0.4 is 4.74 Å². The molecule has 2 aliphatic carbocycles.